The third-order valence-corrected chi connectivity index (χ3v) is 5.74. The van der Waals surface area contributed by atoms with Crippen molar-refractivity contribution < 1.29 is 9.59 Å². The van der Waals surface area contributed by atoms with Crippen LogP contribution >= 0.6 is 0 Å². The number of carbonyl (C=O) groups excluding carboxylic acids is 2. The van der Waals surface area contributed by atoms with Crippen LogP contribution in [0.25, 0.3) is 11.4 Å². The maximum atomic E-state index is 12.8. The Bertz CT molecular complexity index is 872. The van der Waals surface area contributed by atoms with Gasteiger partial charge in [0.1, 0.15) is 11.5 Å². The molecular weight excluding hydrogens is 340 g/mol. The average molecular weight is 366 g/mol. The molecule has 1 N–H and O–H groups in total. The number of carbonyl (C=O) groups is 2. The lowest BCUT2D eigenvalue weighted by Crippen LogP contribution is -2.44. The van der Waals surface area contributed by atoms with Gasteiger partial charge in [-0.3, -0.25) is 9.59 Å². The quantitative estimate of drug-likeness (QED) is 0.907. The number of aromatic nitrogens is 2. The molecule has 6 heteroatoms. The van der Waals surface area contributed by atoms with E-state index in [-0.39, 0.29) is 29.8 Å². The fraction of sp³-hybridized carbons (Fsp3) is 0.476. The van der Waals surface area contributed by atoms with Crippen LogP contribution in [0.3, 0.4) is 0 Å². The number of nitrogens with one attached hydrogen (secondary N) is 1. The Morgan fingerprint density at radius 1 is 1.15 bits per heavy atom. The van der Waals surface area contributed by atoms with Gasteiger partial charge in [-0.15, -0.1) is 0 Å². The first kappa shape index (κ1) is 17.8. The SMILES string of the molecule is CNC(=O)c1nc(-c2ccccc2)n2c1C[C@@H]1CC[C@H](C2)N1C(=O)C(C)C. The Labute approximate surface area is 159 Å². The van der Waals surface area contributed by atoms with Crippen molar-refractivity contribution in [2.75, 3.05) is 7.05 Å². The van der Waals surface area contributed by atoms with Crippen molar-refractivity contribution in [2.45, 2.75) is 51.7 Å². The van der Waals surface area contributed by atoms with Gasteiger partial charge in [-0.25, -0.2) is 4.98 Å². The summed E-state index contributed by atoms with van der Waals surface area (Å²) in [5.41, 5.74) is 2.43. The highest BCUT2D eigenvalue weighted by Gasteiger charge is 2.42. The maximum Gasteiger partial charge on any atom is 0.271 e. The van der Waals surface area contributed by atoms with Gasteiger partial charge in [-0.05, 0) is 12.8 Å². The molecule has 2 amide bonds. The van der Waals surface area contributed by atoms with E-state index in [2.05, 4.69) is 14.8 Å². The first-order valence-electron chi connectivity index (χ1n) is 9.70. The van der Waals surface area contributed by atoms with Gasteiger partial charge in [0.05, 0.1) is 11.7 Å². The van der Waals surface area contributed by atoms with Gasteiger partial charge in [0.25, 0.3) is 5.91 Å². The Morgan fingerprint density at radius 2 is 1.85 bits per heavy atom. The standard InChI is InChI=1S/C21H26N4O2/c1-13(2)21(27)25-15-9-10-16(25)12-24-17(11-15)18(20(26)22-3)23-19(24)14-7-5-4-6-8-14/h4-8,13,15-16H,9-12H2,1-3H3,(H,22,26)/t15-,16+/m0/s1. The second-order valence-corrected chi connectivity index (χ2v) is 7.78. The highest BCUT2D eigenvalue weighted by atomic mass is 16.2. The summed E-state index contributed by atoms with van der Waals surface area (Å²) in [6, 6.07) is 10.3. The van der Waals surface area contributed by atoms with E-state index in [1.54, 1.807) is 7.05 Å². The molecule has 6 nitrogen and oxygen atoms in total. The summed E-state index contributed by atoms with van der Waals surface area (Å²) >= 11 is 0. The van der Waals surface area contributed by atoms with Gasteiger partial charge >= 0.3 is 0 Å². The van der Waals surface area contributed by atoms with Crippen LogP contribution in [-0.2, 0) is 17.8 Å². The van der Waals surface area contributed by atoms with Crippen molar-refractivity contribution in [1.82, 2.24) is 19.8 Å². The Balaban J connectivity index is 1.82. The predicted octanol–water partition coefficient (Wildman–Crippen LogP) is 2.48. The van der Waals surface area contributed by atoms with Crippen molar-refractivity contribution >= 4 is 11.8 Å². The largest absolute Gasteiger partial charge is 0.354 e. The van der Waals surface area contributed by atoms with Crippen LogP contribution < -0.4 is 5.32 Å². The molecule has 2 aliphatic heterocycles. The number of hydrogen-bond acceptors (Lipinski definition) is 3. The van der Waals surface area contributed by atoms with Crippen molar-refractivity contribution in [2.24, 2.45) is 5.92 Å². The lowest BCUT2D eigenvalue weighted by Gasteiger charge is -2.29. The van der Waals surface area contributed by atoms with E-state index in [1.165, 1.54) is 0 Å². The molecule has 1 fully saturated rings. The van der Waals surface area contributed by atoms with E-state index in [9.17, 15) is 9.59 Å². The summed E-state index contributed by atoms with van der Waals surface area (Å²) in [5.74, 6) is 0.841. The zero-order valence-electron chi connectivity index (χ0n) is 16.1. The molecule has 4 rings (SSSR count). The Hall–Kier alpha value is -2.63. The molecule has 2 bridgehead atoms. The van der Waals surface area contributed by atoms with Gasteiger partial charge in [0, 0.05) is 37.5 Å². The van der Waals surface area contributed by atoms with Crippen LogP contribution in [0.15, 0.2) is 30.3 Å². The van der Waals surface area contributed by atoms with Gasteiger partial charge in [-0.1, -0.05) is 44.2 Å². The number of fused-ring (bicyclic) bond motifs is 3. The van der Waals surface area contributed by atoms with Crippen LogP contribution in [0.2, 0.25) is 0 Å². The topological polar surface area (TPSA) is 67.2 Å². The second kappa shape index (κ2) is 6.83. The second-order valence-electron chi connectivity index (χ2n) is 7.78. The van der Waals surface area contributed by atoms with Gasteiger partial charge in [0.15, 0.2) is 0 Å². The van der Waals surface area contributed by atoms with E-state index in [0.29, 0.717) is 18.7 Å². The van der Waals surface area contributed by atoms with Crippen LogP contribution in [0.1, 0.15) is 42.9 Å². The Kier molecular flexibility index (Phi) is 4.50. The maximum absolute atomic E-state index is 12.8. The number of amides is 2. The molecule has 27 heavy (non-hydrogen) atoms. The summed E-state index contributed by atoms with van der Waals surface area (Å²) in [7, 11) is 1.63. The molecule has 1 aromatic heterocycles. The molecule has 2 aromatic rings. The van der Waals surface area contributed by atoms with E-state index < -0.39 is 0 Å². The molecule has 2 aliphatic rings. The minimum atomic E-state index is -0.166. The molecule has 0 unspecified atom stereocenters. The smallest absolute Gasteiger partial charge is 0.271 e. The molecule has 3 heterocycles. The normalized spacial score (nSPS) is 21.1. The first-order chi connectivity index (χ1) is 13.0. The minimum Gasteiger partial charge on any atom is -0.354 e. The summed E-state index contributed by atoms with van der Waals surface area (Å²) in [6.07, 6.45) is 2.67. The summed E-state index contributed by atoms with van der Waals surface area (Å²) < 4.78 is 2.17. The van der Waals surface area contributed by atoms with Crippen molar-refractivity contribution in [3.63, 3.8) is 0 Å². The van der Waals surface area contributed by atoms with Gasteiger partial charge in [-0.2, -0.15) is 0 Å². The average Bonchev–Trinajstić information content (AvgIpc) is 3.17. The first-order valence-corrected chi connectivity index (χ1v) is 9.70. The number of benzene rings is 1. The van der Waals surface area contributed by atoms with Gasteiger partial charge < -0.3 is 14.8 Å². The molecule has 1 saturated heterocycles. The molecule has 0 saturated carbocycles. The molecule has 0 aliphatic carbocycles. The van der Waals surface area contributed by atoms with E-state index in [0.717, 1.165) is 29.9 Å². The van der Waals surface area contributed by atoms with Crippen LogP contribution in [0.5, 0.6) is 0 Å². The van der Waals surface area contributed by atoms with Gasteiger partial charge in [0.2, 0.25) is 5.91 Å². The van der Waals surface area contributed by atoms with Crippen LogP contribution in [0, 0.1) is 5.92 Å². The third kappa shape index (κ3) is 2.93. The number of hydrogen-bond donors (Lipinski definition) is 1. The molecule has 0 radical (unpaired) electrons. The lowest BCUT2D eigenvalue weighted by atomic mass is 10.0. The minimum absolute atomic E-state index is 0.0179. The Morgan fingerprint density at radius 3 is 2.52 bits per heavy atom. The molecular formula is C21H26N4O2. The fourth-order valence-electron chi connectivity index (χ4n) is 4.43. The predicted molar refractivity (Wildman–Crippen MR) is 103 cm³/mol. The van der Waals surface area contributed by atoms with Crippen molar-refractivity contribution in [1.29, 1.82) is 0 Å². The zero-order chi connectivity index (χ0) is 19.1. The highest BCUT2D eigenvalue weighted by Crippen LogP contribution is 2.36. The number of rotatable bonds is 3. The monoisotopic (exact) mass is 366 g/mol. The molecule has 1 aromatic carbocycles. The summed E-state index contributed by atoms with van der Waals surface area (Å²) in [5, 5.41) is 2.72. The van der Waals surface area contributed by atoms with Crippen LogP contribution in [0.4, 0.5) is 0 Å². The molecule has 142 valence electrons. The summed E-state index contributed by atoms with van der Waals surface area (Å²) in [6.45, 7) is 4.61. The third-order valence-electron chi connectivity index (χ3n) is 5.74. The van der Waals surface area contributed by atoms with Crippen molar-refractivity contribution in [3.8, 4) is 11.4 Å². The van der Waals surface area contributed by atoms with Crippen molar-refractivity contribution in [3.05, 3.63) is 41.7 Å². The molecule has 2 atom stereocenters. The van der Waals surface area contributed by atoms with E-state index in [1.807, 2.05) is 44.2 Å². The summed E-state index contributed by atoms with van der Waals surface area (Å²) in [4.78, 5) is 32.1. The molecule has 0 spiro atoms. The fourth-order valence-corrected chi connectivity index (χ4v) is 4.43. The lowest BCUT2D eigenvalue weighted by molar-refractivity contribution is -0.137. The number of nitrogens with zero attached hydrogens (tertiary/aromatic N) is 3. The zero-order valence-corrected chi connectivity index (χ0v) is 16.1. The number of imidazole rings is 1. The van der Waals surface area contributed by atoms with E-state index in [4.69, 9.17) is 4.98 Å². The highest BCUT2D eigenvalue weighted by molar-refractivity contribution is 5.94. The van der Waals surface area contributed by atoms with Crippen LogP contribution in [-0.4, -0.2) is 45.4 Å². The van der Waals surface area contributed by atoms with E-state index >= 15 is 0 Å².